The Bertz CT molecular complexity index is 1350. The molecule has 3 aromatic rings. The van der Waals surface area contributed by atoms with Gasteiger partial charge in [0.2, 0.25) is 0 Å². The minimum Gasteiger partial charge on any atom is -0.497 e. The van der Waals surface area contributed by atoms with Gasteiger partial charge in [-0.15, -0.1) is 0 Å². The topological polar surface area (TPSA) is 84.9 Å². The number of carbonyl (C=O) groups excluding carboxylic acids is 3. The largest absolute Gasteiger partial charge is 0.497 e. The summed E-state index contributed by atoms with van der Waals surface area (Å²) < 4.78 is 11.3. The molecule has 1 aliphatic rings. The lowest BCUT2D eigenvalue weighted by Crippen LogP contribution is -2.54. The summed E-state index contributed by atoms with van der Waals surface area (Å²) in [5.74, 6) is -0.544. The number of anilines is 1. The Morgan fingerprint density at radius 3 is 2.40 bits per heavy atom. The predicted octanol–water partition coefficient (Wildman–Crippen LogP) is 5.21. The lowest BCUT2D eigenvalue weighted by Gasteiger charge is -2.27. The fourth-order valence-electron chi connectivity index (χ4n) is 3.72. The van der Waals surface area contributed by atoms with Crippen molar-refractivity contribution in [2.45, 2.75) is 20.5 Å². The van der Waals surface area contributed by atoms with Gasteiger partial charge in [-0.25, -0.2) is 9.69 Å². The van der Waals surface area contributed by atoms with E-state index in [1.807, 2.05) is 25.1 Å². The van der Waals surface area contributed by atoms with Crippen LogP contribution in [0.2, 0.25) is 5.02 Å². The van der Waals surface area contributed by atoms with Crippen LogP contribution in [0.3, 0.4) is 0 Å². The molecule has 0 radical (unpaired) electrons. The van der Waals surface area contributed by atoms with Crippen LogP contribution in [-0.4, -0.2) is 25.0 Å². The summed E-state index contributed by atoms with van der Waals surface area (Å²) in [4.78, 5) is 39.5. The number of amides is 4. The van der Waals surface area contributed by atoms with Gasteiger partial charge in [0.1, 0.15) is 23.7 Å². The number of benzene rings is 3. The van der Waals surface area contributed by atoms with Crippen molar-refractivity contribution in [3.05, 3.63) is 93.5 Å². The smallest absolute Gasteiger partial charge is 0.335 e. The summed E-state index contributed by atoms with van der Waals surface area (Å²) >= 11 is 5.95. The summed E-state index contributed by atoms with van der Waals surface area (Å²) in [7, 11) is 1.53. The van der Waals surface area contributed by atoms with Gasteiger partial charge in [-0.2, -0.15) is 0 Å². The first-order valence-electron chi connectivity index (χ1n) is 10.8. The molecule has 0 bridgehead atoms. The zero-order chi connectivity index (χ0) is 25.1. The zero-order valence-corrected chi connectivity index (χ0v) is 20.2. The van der Waals surface area contributed by atoms with Crippen molar-refractivity contribution in [1.29, 1.82) is 0 Å². The van der Waals surface area contributed by atoms with E-state index in [-0.39, 0.29) is 12.2 Å². The Hall–Kier alpha value is -4.10. The van der Waals surface area contributed by atoms with Gasteiger partial charge in [-0.1, -0.05) is 41.4 Å². The fraction of sp³-hybridized carbons (Fsp3) is 0.148. The number of rotatable bonds is 6. The molecule has 4 rings (SSSR count). The summed E-state index contributed by atoms with van der Waals surface area (Å²) in [5, 5.41) is 2.87. The third kappa shape index (κ3) is 5.20. The summed E-state index contributed by atoms with van der Waals surface area (Å²) in [5.41, 5.74) is 3.31. The van der Waals surface area contributed by atoms with Crippen LogP contribution in [0, 0.1) is 13.8 Å². The highest BCUT2D eigenvalue weighted by Gasteiger charge is 2.37. The SMILES string of the molecule is COc1ccc(/C=C2\C(=O)NC(=O)N(c3ccc(C)cc3C)C2=O)c(OCc2ccc(Cl)cc2)c1. The molecule has 1 aliphatic heterocycles. The van der Waals surface area contributed by atoms with Gasteiger partial charge in [0.15, 0.2) is 0 Å². The molecule has 7 nitrogen and oxygen atoms in total. The van der Waals surface area contributed by atoms with Crippen LogP contribution in [0.4, 0.5) is 10.5 Å². The number of ether oxygens (including phenoxy) is 2. The molecule has 1 N–H and O–H groups in total. The second-order valence-electron chi connectivity index (χ2n) is 8.07. The van der Waals surface area contributed by atoms with E-state index in [1.54, 1.807) is 49.4 Å². The van der Waals surface area contributed by atoms with E-state index < -0.39 is 17.8 Å². The van der Waals surface area contributed by atoms with Crippen LogP contribution in [-0.2, 0) is 16.2 Å². The van der Waals surface area contributed by atoms with E-state index in [2.05, 4.69) is 5.32 Å². The van der Waals surface area contributed by atoms with Crippen LogP contribution in [0.25, 0.3) is 6.08 Å². The molecule has 35 heavy (non-hydrogen) atoms. The van der Waals surface area contributed by atoms with Gasteiger partial charge in [-0.3, -0.25) is 14.9 Å². The number of nitrogens with zero attached hydrogens (tertiary/aromatic N) is 1. The third-order valence-electron chi connectivity index (χ3n) is 5.52. The third-order valence-corrected chi connectivity index (χ3v) is 5.78. The molecule has 0 unspecified atom stereocenters. The number of urea groups is 1. The van der Waals surface area contributed by atoms with Gasteiger partial charge in [0.25, 0.3) is 11.8 Å². The Labute approximate surface area is 207 Å². The number of aryl methyl sites for hydroxylation is 2. The molecule has 0 saturated carbocycles. The quantitative estimate of drug-likeness (QED) is 0.378. The normalized spacial score (nSPS) is 14.8. The number of halogens is 1. The van der Waals surface area contributed by atoms with E-state index in [0.29, 0.717) is 27.8 Å². The lowest BCUT2D eigenvalue weighted by atomic mass is 10.0. The molecule has 1 fully saturated rings. The van der Waals surface area contributed by atoms with Gasteiger partial charge in [0, 0.05) is 16.7 Å². The monoisotopic (exact) mass is 490 g/mol. The second-order valence-corrected chi connectivity index (χ2v) is 8.50. The Morgan fingerprint density at radius 1 is 0.971 bits per heavy atom. The maximum Gasteiger partial charge on any atom is 0.335 e. The number of nitrogens with one attached hydrogen (secondary N) is 1. The van der Waals surface area contributed by atoms with Crippen molar-refractivity contribution >= 4 is 41.2 Å². The molecule has 1 saturated heterocycles. The minimum absolute atomic E-state index is 0.189. The second kappa shape index (κ2) is 10.0. The van der Waals surface area contributed by atoms with Gasteiger partial charge < -0.3 is 9.47 Å². The molecule has 1 heterocycles. The van der Waals surface area contributed by atoms with Crippen molar-refractivity contribution in [3.8, 4) is 11.5 Å². The number of hydrogen-bond acceptors (Lipinski definition) is 5. The Morgan fingerprint density at radius 2 is 1.71 bits per heavy atom. The van der Waals surface area contributed by atoms with E-state index in [0.717, 1.165) is 21.6 Å². The van der Waals surface area contributed by atoms with E-state index in [4.69, 9.17) is 21.1 Å². The van der Waals surface area contributed by atoms with Crippen molar-refractivity contribution in [2.75, 3.05) is 12.0 Å². The highest BCUT2D eigenvalue weighted by atomic mass is 35.5. The predicted molar refractivity (Wildman–Crippen MR) is 134 cm³/mol. The molecule has 3 aromatic carbocycles. The van der Waals surface area contributed by atoms with Crippen molar-refractivity contribution in [1.82, 2.24) is 5.32 Å². The van der Waals surface area contributed by atoms with Gasteiger partial charge in [0.05, 0.1) is 12.8 Å². The molecule has 0 spiro atoms. The Balaban J connectivity index is 1.69. The summed E-state index contributed by atoms with van der Waals surface area (Å²) in [6.07, 6.45) is 1.41. The van der Waals surface area contributed by atoms with Crippen LogP contribution >= 0.6 is 11.6 Å². The number of methoxy groups -OCH3 is 1. The molecular weight excluding hydrogens is 468 g/mol. The molecule has 4 amide bonds. The number of imide groups is 2. The van der Waals surface area contributed by atoms with E-state index >= 15 is 0 Å². The molecule has 178 valence electrons. The molecule has 8 heteroatoms. The first kappa shape index (κ1) is 24.0. The minimum atomic E-state index is -0.793. The summed E-state index contributed by atoms with van der Waals surface area (Å²) in [6.45, 7) is 3.95. The van der Waals surface area contributed by atoms with Crippen molar-refractivity contribution in [3.63, 3.8) is 0 Å². The van der Waals surface area contributed by atoms with E-state index in [1.165, 1.54) is 13.2 Å². The first-order chi connectivity index (χ1) is 16.8. The van der Waals surface area contributed by atoms with Gasteiger partial charge in [-0.05, 0) is 61.4 Å². The zero-order valence-electron chi connectivity index (χ0n) is 19.4. The average Bonchev–Trinajstić information content (AvgIpc) is 2.83. The fourth-order valence-corrected chi connectivity index (χ4v) is 3.84. The molecule has 0 aliphatic carbocycles. The number of hydrogen-bond donors (Lipinski definition) is 1. The van der Waals surface area contributed by atoms with Crippen LogP contribution in [0.1, 0.15) is 22.3 Å². The molecule has 0 atom stereocenters. The summed E-state index contributed by atoms with van der Waals surface area (Å²) in [6, 6.07) is 16.8. The van der Waals surface area contributed by atoms with Crippen LogP contribution in [0.5, 0.6) is 11.5 Å². The number of carbonyl (C=O) groups is 3. The van der Waals surface area contributed by atoms with Crippen LogP contribution < -0.4 is 19.7 Å². The maximum atomic E-state index is 13.3. The van der Waals surface area contributed by atoms with Crippen molar-refractivity contribution in [2.24, 2.45) is 0 Å². The molecule has 0 aromatic heterocycles. The Kier molecular flexibility index (Phi) is 6.89. The molecular formula is C27H23ClN2O5. The average molecular weight is 491 g/mol. The highest BCUT2D eigenvalue weighted by Crippen LogP contribution is 2.30. The highest BCUT2D eigenvalue weighted by molar-refractivity contribution is 6.39. The first-order valence-corrected chi connectivity index (χ1v) is 11.2. The standard InChI is InChI=1S/C27H23ClN2O5/c1-16-4-11-23(17(2)12-16)30-26(32)22(25(31)29-27(30)33)13-19-7-10-21(34-3)14-24(19)35-15-18-5-8-20(28)9-6-18/h4-14H,15H2,1-3H3,(H,29,31,33)/b22-13+. The van der Waals surface area contributed by atoms with Crippen LogP contribution in [0.15, 0.2) is 66.2 Å². The van der Waals surface area contributed by atoms with E-state index in [9.17, 15) is 14.4 Å². The number of barbiturate groups is 1. The van der Waals surface area contributed by atoms with Gasteiger partial charge >= 0.3 is 6.03 Å². The van der Waals surface area contributed by atoms with Crippen molar-refractivity contribution < 1.29 is 23.9 Å². The lowest BCUT2D eigenvalue weighted by molar-refractivity contribution is -0.122. The maximum absolute atomic E-state index is 13.3.